The van der Waals surface area contributed by atoms with E-state index in [0.29, 0.717) is 12.1 Å². The number of anilines is 1. The molecule has 1 aromatic rings. The molecule has 0 aromatic heterocycles. The van der Waals surface area contributed by atoms with Gasteiger partial charge >= 0.3 is 11.3 Å². The van der Waals surface area contributed by atoms with E-state index >= 15 is 0 Å². The molecule has 17 heavy (non-hydrogen) atoms. The van der Waals surface area contributed by atoms with Crippen LogP contribution in [-0.4, -0.2) is 24.5 Å². The lowest BCUT2D eigenvalue weighted by molar-refractivity contribution is -0.142. The van der Waals surface area contributed by atoms with Crippen molar-refractivity contribution in [3.8, 4) is 0 Å². The second kappa shape index (κ2) is 4.75. The summed E-state index contributed by atoms with van der Waals surface area (Å²) in [5, 5.41) is -0.660. The molecule has 0 saturated heterocycles. The molecule has 0 radical (unpaired) electrons. The molecule has 0 aliphatic carbocycles. The zero-order valence-electron chi connectivity index (χ0n) is 9.35. The Labute approximate surface area is 104 Å². The van der Waals surface area contributed by atoms with Crippen LogP contribution in [0.1, 0.15) is 12.0 Å². The summed E-state index contributed by atoms with van der Waals surface area (Å²) < 4.78 is 4.69. The lowest BCUT2D eigenvalue weighted by Gasteiger charge is -2.33. The van der Waals surface area contributed by atoms with Crippen molar-refractivity contribution < 1.29 is 14.3 Å². The summed E-state index contributed by atoms with van der Waals surface area (Å²) in [6.07, 6.45) is 1.26. The van der Waals surface area contributed by atoms with Crippen LogP contribution in [-0.2, 0) is 16.0 Å². The van der Waals surface area contributed by atoms with E-state index in [1.807, 2.05) is 18.2 Å². The van der Waals surface area contributed by atoms with Gasteiger partial charge < -0.3 is 4.74 Å². The molecular formula is C12H12ClNO3. The maximum absolute atomic E-state index is 11.6. The third-order valence-electron chi connectivity index (χ3n) is 2.91. The third-order valence-corrected chi connectivity index (χ3v) is 3.09. The quantitative estimate of drug-likeness (QED) is 0.438. The van der Waals surface area contributed by atoms with Crippen LogP contribution in [0.15, 0.2) is 24.3 Å². The topological polar surface area (TPSA) is 46.6 Å². The van der Waals surface area contributed by atoms with Crippen molar-refractivity contribution >= 4 is 28.6 Å². The molecule has 2 rings (SSSR count). The van der Waals surface area contributed by atoms with Gasteiger partial charge in [-0.15, -0.1) is 0 Å². The molecule has 0 spiro atoms. The SMILES string of the molecule is COC(=O)[C@@H]1CCc2ccccc2N1C(=O)Cl. The Morgan fingerprint density at radius 3 is 2.76 bits per heavy atom. The summed E-state index contributed by atoms with van der Waals surface area (Å²) in [7, 11) is 1.31. The second-order valence-electron chi connectivity index (χ2n) is 3.83. The first-order valence-electron chi connectivity index (χ1n) is 5.29. The molecule has 0 saturated carbocycles. The maximum Gasteiger partial charge on any atom is 0.329 e. The highest BCUT2D eigenvalue weighted by molar-refractivity contribution is 6.66. The van der Waals surface area contributed by atoms with E-state index in [2.05, 4.69) is 0 Å². The summed E-state index contributed by atoms with van der Waals surface area (Å²) in [6.45, 7) is 0. The number of ether oxygens (including phenoxy) is 1. The predicted octanol–water partition coefficient (Wildman–Crippen LogP) is 2.34. The smallest absolute Gasteiger partial charge is 0.329 e. The van der Waals surface area contributed by atoms with Gasteiger partial charge in [0.15, 0.2) is 0 Å². The third kappa shape index (κ3) is 2.13. The minimum atomic E-state index is -0.660. The molecule has 1 heterocycles. The van der Waals surface area contributed by atoms with Crippen LogP contribution in [0.5, 0.6) is 0 Å². The van der Waals surface area contributed by atoms with Crippen LogP contribution in [0.4, 0.5) is 10.5 Å². The van der Waals surface area contributed by atoms with Gasteiger partial charge in [0.2, 0.25) is 0 Å². The highest BCUT2D eigenvalue weighted by atomic mass is 35.5. The first-order valence-corrected chi connectivity index (χ1v) is 5.67. The summed E-state index contributed by atoms with van der Waals surface area (Å²) in [6, 6.07) is 6.79. The molecule has 5 heteroatoms. The second-order valence-corrected chi connectivity index (χ2v) is 4.15. The fraction of sp³-hybridized carbons (Fsp3) is 0.333. The number of nitrogens with zero attached hydrogens (tertiary/aromatic N) is 1. The van der Waals surface area contributed by atoms with Gasteiger partial charge in [-0.05, 0) is 36.1 Å². The Morgan fingerprint density at radius 2 is 2.12 bits per heavy atom. The Morgan fingerprint density at radius 1 is 1.41 bits per heavy atom. The molecule has 0 unspecified atom stereocenters. The fourth-order valence-electron chi connectivity index (χ4n) is 2.12. The molecule has 0 bridgehead atoms. The number of hydrogen-bond donors (Lipinski definition) is 0. The van der Waals surface area contributed by atoms with Crippen LogP contribution in [0.25, 0.3) is 0 Å². The van der Waals surface area contributed by atoms with Crippen LogP contribution in [0.3, 0.4) is 0 Å². The van der Waals surface area contributed by atoms with Crippen molar-refractivity contribution in [3.63, 3.8) is 0 Å². The van der Waals surface area contributed by atoms with Crippen LogP contribution in [0.2, 0.25) is 0 Å². The Balaban J connectivity index is 2.43. The van der Waals surface area contributed by atoms with Crippen molar-refractivity contribution in [2.24, 2.45) is 0 Å². The van der Waals surface area contributed by atoms with Gasteiger partial charge in [0, 0.05) is 5.69 Å². The summed E-state index contributed by atoms with van der Waals surface area (Å²) in [4.78, 5) is 24.4. The number of para-hydroxylation sites is 1. The van der Waals surface area contributed by atoms with Crippen molar-refractivity contribution in [2.75, 3.05) is 12.0 Å². The zero-order valence-corrected chi connectivity index (χ0v) is 10.1. The van der Waals surface area contributed by atoms with E-state index in [-0.39, 0.29) is 0 Å². The van der Waals surface area contributed by atoms with E-state index in [1.165, 1.54) is 12.0 Å². The van der Waals surface area contributed by atoms with Gasteiger partial charge in [0.25, 0.3) is 0 Å². The van der Waals surface area contributed by atoms with Crippen LogP contribution < -0.4 is 4.90 Å². The minimum absolute atomic E-state index is 0.437. The molecule has 1 aliphatic rings. The van der Waals surface area contributed by atoms with Gasteiger partial charge in [-0.1, -0.05) is 18.2 Å². The van der Waals surface area contributed by atoms with E-state index in [0.717, 1.165) is 12.0 Å². The molecule has 1 amide bonds. The molecular weight excluding hydrogens is 242 g/mol. The number of hydrogen-bond acceptors (Lipinski definition) is 3. The predicted molar refractivity (Wildman–Crippen MR) is 64.3 cm³/mol. The number of esters is 1. The molecule has 1 atom stereocenters. The number of halogens is 1. The Bertz CT molecular complexity index is 461. The number of methoxy groups -OCH3 is 1. The number of carbonyl (C=O) groups is 2. The van der Waals surface area contributed by atoms with Crippen LogP contribution in [0, 0.1) is 0 Å². The molecule has 1 aromatic carbocycles. The zero-order chi connectivity index (χ0) is 12.4. The van der Waals surface area contributed by atoms with Crippen molar-refractivity contribution in [1.82, 2.24) is 0 Å². The maximum atomic E-state index is 11.6. The highest BCUT2D eigenvalue weighted by Gasteiger charge is 2.35. The average Bonchev–Trinajstić information content (AvgIpc) is 2.36. The van der Waals surface area contributed by atoms with E-state index < -0.39 is 17.4 Å². The number of amides is 1. The molecule has 1 aliphatic heterocycles. The highest BCUT2D eigenvalue weighted by Crippen LogP contribution is 2.31. The minimum Gasteiger partial charge on any atom is -0.467 e. The Kier molecular flexibility index (Phi) is 3.33. The molecule has 0 N–H and O–H groups in total. The van der Waals surface area contributed by atoms with Crippen molar-refractivity contribution in [1.29, 1.82) is 0 Å². The Hall–Kier alpha value is -1.55. The number of carbonyl (C=O) groups excluding carboxylic acids is 2. The van der Waals surface area contributed by atoms with Gasteiger partial charge in [-0.2, -0.15) is 0 Å². The van der Waals surface area contributed by atoms with Gasteiger partial charge in [-0.3, -0.25) is 9.69 Å². The fourth-order valence-corrected chi connectivity index (χ4v) is 2.33. The summed E-state index contributed by atoms with van der Waals surface area (Å²) in [5.41, 5.74) is 1.70. The number of rotatable bonds is 1. The number of aryl methyl sites for hydroxylation is 1. The molecule has 4 nitrogen and oxygen atoms in total. The normalized spacial score (nSPS) is 18.5. The molecule has 0 fully saturated rings. The van der Waals surface area contributed by atoms with Crippen LogP contribution >= 0.6 is 11.6 Å². The van der Waals surface area contributed by atoms with E-state index in [1.54, 1.807) is 6.07 Å². The van der Waals surface area contributed by atoms with E-state index in [9.17, 15) is 9.59 Å². The summed E-state index contributed by atoms with van der Waals surface area (Å²) in [5.74, 6) is -0.437. The van der Waals surface area contributed by atoms with Gasteiger partial charge in [0.1, 0.15) is 6.04 Å². The number of benzene rings is 1. The molecule has 90 valence electrons. The van der Waals surface area contributed by atoms with Crippen molar-refractivity contribution in [3.05, 3.63) is 29.8 Å². The summed E-state index contributed by atoms with van der Waals surface area (Å²) >= 11 is 5.56. The van der Waals surface area contributed by atoms with Crippen molar-refractivity contribution in [2.45, 2.75) is 18.9 Å². The lowest BCUT2D eigenvalue weighted by Crippen LogP contribution is -2.46. The lowest BCUT2D eigenvalue weighted by atomic mass is 9.96. The first kappa shape index (κ1) is 11.9. The monoisotopic (exact) mass is 253 g/mol. The van der Waals surface area contributed by atoms with E-state index in [4.69, 9.17) is 16.3 Å². The average molecular weight is 254 g/mol. The van der Waals surface area contributed by atoms with Gasteiger partial charge in [0.05, 0.1) is 7.11 Å². The number of fused-ring (bicyclic) bond motifs is 1. The largest absolute Gasteiger partial charge is 0.467 e. The van der Waals surface area contributed by atoms with Gasteiger partial charge in [-0.25, -0.2) is 4.79 Å². The first-order chi connectivity index (χ1) is 8.15. The standard InChI is InChI=1S/C12H12ClNO3/c1-17-11(15)10-7-6-8-4-2-3-5-9(8)14(10)12(13)16/h2-5,10H,6-7H2,1H3/t10-/m0/s1.